The van der Waals surface area contributed by atoms with Gasteiger partial charge in [-0.15, -0.1) is 11.3 Å². The molecule has 0 bridgehead atoms. The summed E-state index contributed by atoms with van der Waals surface area (Å²) in [5.74, 6) is 1.80. The molecule has 27 heavy (non-hydrogen) atoms. The number of aromatic nitrogens is 1. The Morgan fingerprint density at radius 3 is 2.59 bits per heavy atom. The zero-order chi connectivity index (χ0) is 19.4. The predicted molar refractivity (Wildman–Crippen MR) is 103 cm³/mol. The van der Waals surface area contributed by atoms with Crippen LogP contribution in [0.5, 0.6) is 11.5 Å². The maximum atomic E-state index is 12.5. The standard InChI is InChI=1S/C18H20N2O5S2/c1-12-8-16(25-20-12)14-10-18(26-11-14)27(21,22)19-7-6-13-4-5-15(23-2)17(9-13)24-3/h4-5,8-11,19H,6-7H2,1-3H3. The average molecular weight is 409 g/mol. The van der Waals surface area contributed by atoms with Gasteiger partial charge in [-0.2, -0.15) is 0 Å². The van der Waals surface area contributed by atoms with Crippen LogP contribution in [0.2, 0.25) is 0 Å². The topological polar surface area (TPSA) is 90.7 Å². The fraction of sp³-hybridized carbons (Fsp3) is 0.278. The van der Waals surface area contributed by atoms with Crippen molar-refractivity contribution in [3.05, 3.63) is 47.0 Å². The van der Waals surface area contributed by atoms with Gasteiger partial charge in [-0.25, -0.2) is 13.1 Å². The Morgan fingerprint density at radius 2 is 1.93 bits per heavy atom. The smallest absolute Gasteiger partial charge is 0.250 e. The number of rotatable bonds is 8. The van der Waals surface area contributed by atoms with Crippen LogP contribution >= 0.6 is 11.3 Å². The summed E-state index contributed by atoms with van der Waals surface area (Å²) in [6, 6.07) is 8.87. The molecule has 0 atom stereocenters. The first-order valence-electron chi connectivity index (χ1n) is 8.15. The van der Waals surface area contributed by atoms with Crippen LogP contribution in [0.1, 0.15) is 11.3 Å². The van der Waals surface area contributed by atoms with E-state index in [9.17, 15) is 8.42 Å². The van der Waals surface area contributed by atoms with Crippen LogP contribution in [-0.4, -0.2) is 34.3 Å². The maximum Gasteiger partial charge on any atom is 0.250 e. The highest BCUT2D eigenvalue weighted by atomic mass is 32.2. The summed E-state index contributed by atoms with van der Waals surface area (Å²) in [6.45, 7) is 2.08. The van der Waals surface area contributed by atoms with Crippen LogP contribution < -0.4 is 14.2 Å². The molecule has 1 N–H and O–H groups in total. The molecule has 0 aliphatic heterocycles. The van der Waals surface area contributed by atoms with E-state index in [2.05, 4.69) is 9.88 Å². The molecular formula is C18H20N2O5S2. The van der Waals surface area contributed by atoms with E-state index < -0.39 is 10.0 Å². The number of benzene rings is 1. The van der Waals surface area contributed by atoms with E-state index in [4.69, 9.17) is 14.0 Å². The van der Waals surface area contributed by atoms with Crippen molar-refractivity contribution in [3.8, 4) is 22.8 Å². The summed E-state index contributed by atoms with van der Waals surface area (Å²) in [7, 11) is -0.454. The molecule has 0 aliphatic rings. The Kier molecular flexibility index (Phi) is 5.83. The molecule has 3 rings (SSSR count). The first-order valence-corrected chi connectivity index (χ1v) is 10.5. The Hall–Kier alpha value is -2.36. The van der Waals surface area contributed by atoms with E-state index in [1.165, 1.54) is 0 Å². The Morgan fingerprint density at radius 1 is 1.15 bits per heavy atom. The lowest BCUT2D eigenvalue weighted by Crippen LogP contribution is -2.25. The second-order valence-electron chi connectivity index (χ2n) is 5.82. The molecule has 0 fully saturated rings. The van der Waals surface area contributed by atoms with Crippen LogP contribution in [-0.2, 0) is 16.4 Å². The van der Waals surface area contributed by atoms with E-state index in [1.807, 2.05) is 19.1 Å². The van der Waals surface area contributed by atoms with Crippen molar-refractivity contribution in [2.24, 2.45) is 0 Å². The summed E-state index contributed by atoms with van der Waals surface area (Å²) in [6.07, 6.45) is 0.527. The molecule has 0 saturated heterocycles. The average Bonchev–Trinajstić information content (AvgIpc) is 3.30. The van der Waals surface area contributed by atoms with E-state index >= 15 is 0 Å². The summed E-state index contributed by atoms with van der Waals surface area (Å²) in [5.41, 5.74) is 2.38. The third-order valence-corrected chi connectivity index (χ3v) is 6.81. The summed E-state index contributed by atoms with van der Waals surface area (Å²) >= 11 is 1.14. The van der Waals surface area contributed by atoms with Gasteiger partial charge in [0.1, 0.15) is 4.21 Å². The van der Waals surface area contributed by atoms with Crippen molar-refractivity contribution in [3.63, 3.8) is 0 Å². The number of thiophene rings is 1. The van der Waals surface area contributed by atoms with Gasteiger partial charge in [0.05, 0.1) is 19.9 Å². The van der Waals surface area contributed by atoms with Crippen molar-refractivity contribution >= 4 is 21.4 Å². The minimum Gasteiger partial charge on any atom is -0.493 e. The number of sulfonamides is 1. The van der Waals surface area contributed by atoms with E-state index in [-0.39, 0.29) is 10.8 Å². The zero-order valence-electron chi connectivity index (χ0n) is 15.2. The number of aryl methyl sites for hydroxylation is 1. The fourth-order valence-electron chi connectivity index (χ4n) is 2.52. The van der Waals surface area contributed by atoms with E-state index in [1.54, 1.807) is 37.8 Å². The van der Waals surface area contributed by atoms with Gasteiger partial charge in [-0.05, 0) is 37.1 Å². The predicted octanol–water partition coefficient (Wildman–Crippen LogP) is 3.25. The molecular weight excluding hydrogens is 388 g/mol. The second-order valence-corrected chi connectivity index (χ2v) is 8.73. The number of methoxy groups -OCH3 is 2. The molecule has 9 heteroatoms. The molecule has 0 amide bonds. The number of hydrogen-bond donors (Lipinski definition) is 1. The van der Waals surface area contributed by atoms with Crippen molar-refractivity contribution < 1.29 is 22.4 Å². The third-order valence-electron chi connectivity index (χ3n) is 3.91. The highest BCUT2D eigenvalue weighted by Crippen LogP contribution is 2.29. The van der Waals surface area contributed by atoms with Crippen LogP contribution in [0, 0.1) is 6.92 Å². The van der Waals surface area contributed by atoms with Crippen LogP contribution in [0.3, 0.4) is 0 Å². The third kappa shape index (κ3) is 4.49. The van der Waals surface area contributed by atoms with Crippen LogP contribution in [0.4, 0.5) is 0 Å². The number of hydrogen-bond acceptors (Lipinski definition) is 7. The van der Waals surface area contributed by atoms with Gasteiger partial charge < -0.3 is 14.0 Å². The lowest BCUT2D eigenvalue weighted by atomic mass is 10.1. The van der Waals surface area contributed by atoms with Crippen LogP contribution in [0.15, 0.2) is 44.4 Å². The lowest BCUT2D eigenvalue weighted by molar-refractivity contribution is 0.354. The minimum atomic E-state index is -3.59. The van der Waals surface area contributed by atoms with E-state index in [0.717, 1.165) is 22.6 Å². The van der Waals surface area contributed by atoms with Gasteiger partial charge in [0.2, 0.25) is 10.0 Å². The first-order chi connectivity index (χ1) is 12.9. The molecule has 1 aromatic carbocycles. The van der Waals surface area contributed by atoms with Gasteiger partial charge in [0.25, 0.3) is 0 Å². The first kappa shape index (κ1) is 19.4. The fourth-order valence-corrected chi connectivity index (χ4v) is 4.77. The van der Waals surface area contributed by atoms with Gasteiger partial charge in [-0.3, -0.25) is 0 Å². The van der Waals surface area contributed by atoms with Crippen molar-refractivity contribution in [1.29, 1.82) is 0 Å². The second kappa shape index (κ2) is 8.12. The van der Waals surface area contributed by atoms with Gasteiger partial charge in [0, 0.05) is 23.6 Å². The largest absolute Gasteiger partial charge is 0.493 e. The van der Waals surface area contributed by atoms with Gasteiger partial charge >= 0.3 is 0 Å². The van der Waals surface area contributed by atoms with Crippen molar-refractivity contribution in [1.82, 2.24) is 9.88 Å². The van der Waals surface area contributed by atoms with Crippen LogP contribution in [0.25, 0.3) is 11.3 Å². The molecule has 0 spiro atoms. The molecule has 2 aromatic heterocycles. The summed E-state index contributed by atoms with van der Waals surface area (Å²) in [4.78, 5) is 0. The number of nitrogens with zero attached hydrogens (tertiary/aromatic N) is 1. The summed E-state index contributed by atoms with van der Waals surface area (Å²) in [5, 5.41) is 5.56. The van der Waals surface area contributed by atoms with Gasteiger partial charge in [-0.1, -0.05) is 11.2 Å². The molecule has 2 heterocycles. The molecule has 7 nitrogen and oxygen atoms in total. The highest BCUT2D eigenvalue weighted by molar-refractivity contribution is 7.91. The Bertz CT molecular complexity index is 1020. The zero-order valence-corrected chi connectivity index (χ0v) is 16.8. The molecule has 0 radical (unpaired) electrons. The quantitative estimate of drug-likeness (QED) is 0.615. The number of ether oxygens (including phenoxy) is 2. The maximum absolute atomic E-state index is 12.5. The monoisotopic (exact) mass is 408 g/mol. The van der Waals surface area contributed by atoms with E-state index in [0.29, 0.717) is 29.2 Å². The Balaban J connectivity index is 1.65. The minimum absolute atomic E-state index is 0.235. The molecule has 0 aliphatic carbocycles. The Labute approximate surface area is 162 Å². The molecule has 3 aromatic rings. The normalized spacial score (nSPS) is 11.5. The highest BCUT2D eigenvalue weighted by Gasteiger charge is 2.18. The van der Waals surface area contributed by atoms with Crippen molar-refractivity contribution in [2.75, 3.05) is 20.8 Å². The van der Waals surface area contributed by atoms with Crippen molar-refractivity contribution in [2.45, 2.75) is 17.6 Å². The van der Waals surface area contributed by atoms with Gasteiger partial charge in [0.15, 0.2) is 17.3 Å². The summed E-state index contributed by atoms with van der Waals surface area (Å²) < 4.78 is 43.5. The SMILES string of the molecule is COc1ccc(CCNS(=O)(=O)c2cc(-c3cc(C)no3)cs2)cc1OC. The molecule has 0 saturated carbocycles. The lowest BCUT2D eigenvalue weighted by Gasteiger charge is -2.10. The molecule has 144 valence electrons. The number of nitrogens with one attached hydrogen (secondary N) is 1. The molecule has 0 unspecified atom stereocenters.